The normalized spacial score (nSPS) is 13.1. The van der Waals surface area contributed by atoms with E-state index in [0.29, 0.717) is 6.54 Å². The first-order valence-electron chi connectivity index (χ1n) is 5.26. The van der Waals surface area contributed by atoms with E-state index in [1.165, 1.54) is 25.2 Å². The molecule has 0 aliphatic heterocycles. The minimum atomic E-state index is -1.40. The van der Waals surface area contributed by atoms with Crippen molar-refractivity contribution in [3.05, 3.63) is 16.6 Å². The molecule has 1 aromatic heterocycles. The Morgan fingerprint density at radius 2 is 2.24 bits per heavy atom. The second-order valence-corrected chi connectivity index (χ2v) is 5.34. The predicted octanol–water partition coefficient (Wildman–Crippen LogP) is 1.47. The molecule has 0 saturated heterocycles. The number of hydrogen-bond acceptors (Lipinski definition) is 4. The summed E-state index contributed by atoms with van der Waals surface area (Å²) in [7, 11) is 0. The van der Waals surface area contributed by atoms with E-state index in [1.54, 1.807) is 6.20 Å². The van der Waals surface area contributed by atoms with Crippen LogP contribution in [0.2, 0.25) is 0 Å². The monoisotopic (exact) mass is 256 g/mol. The van der Waals surface area contributed by atoms with E-state index in [2.05, 4.69) is 10.3 Å². The van der Waals surface area contributed by atoms with Gasteiger partial charge in [0.1, 0.15) is 5.41 Å². The zero-order valence-corrected chi connectivity index (χ0v) is 10.9. The maximum absolute atomic E-state index is 11.7. The van der Waals surface area contributed by atoms with Crippen LogP contribution in [0.4, 0.5) is 0 Å². The topological polar surface area (TPSA) is 79.3 Å². The van der Waals surface area contributed by atoms with Crippen LogP contribution in [0.25, 0.3) is 0 Å². The fourth-order valence-electron chi connectivity index (χ4n) is 1.13. The molecule has 1 unspecified atom stereocenters. The molecule has 0 aromatic carbocycles. The Kier molecular flexibility index (Phi) is 4.22. The molecule has 1 aromatic rings. The summed E-state index contributed by atoms with van der Waals surface area (Å²) in [5.41, 5.74) is -1.40. The molecule has 2 N–H and O–H groups in total. The molecule has 0 spiro atoms. The highest BCUT2D eigenvalue weighted by Crippen LogP contribution is 2.18. The lowest BCUT2D eigenvalue weighted by atomic mass is 9.92. The lowest BCUT2D eigenvalue weighted by Crippen LogP contribution is -2.43. The summed E-state index contributed by atoms with van der Waals surface area (Å²) in [6.45, 7) is 5.10. The van der Waals surface area contributed by atoms with Gasteiger partial charge in [0, 0.05) is 24.0 Å². The summed E-state index contributed by atoms with van der Waals surface area (Å²) >= 11 is 1.52. The summed E-state index contributed by atoms with van der Waals surface area (Å²) in [6, 6.07) is 0. The first-order valence-corrected chi connectivity index (χ1v) is 6.14. The molecule has 0 aliphatic carbocycles. The molecule has 1 amide bonds. The van der Waals surface area contributed by atoms with Gasteiger partial charge in [0.15, 0.2) is 0 Å². The molecule has 1 atom stereocenters. The van der Waals surface area contributed by atoms with E-state index >= 15 is 0 Å². The van der Waals surface area contributed by atoms with Gasteiger partial charge in [-0.05, 0) is 13.8 Å². The number of carboxylic acids is 1. The number of carboxylic acid groups (broad SMARTS) is 1. The molecular formula is C11H16N2O3S. The molecule has 1 rings (SSSR count). The molecule has 0 aliphatic rings. The average Bonchev–Trinajstić information content (AvgIpc) is 2.78. The second-order valence-electron chi connectivity index (χ2n) is 4.41. The van der Waals surface area contributed by atoms with Crippen molar-refractivity contribution in [2.24, 2.45) is 5.41 Å². The number of aromatic nitrogens is 1. The maximum Gasteiger partial charge on any atom is 0.318 e. The number of nitrogens with zero attached hydrogens (tertiary/aromatic N) is 1. The zero-order chi connectivity index (χ0) is 13.1. The largest absolute Gasteiger partial charge is 0.480 e. The Balaban J connectivity index is 2.52. The Bertz CT molecular complexity index is 401. The highest BCUT2D eigenvalue weighted by molar-refractivity contribution is 7.09. The number of hydrogen-bond donors (Lipinski definition) is 2. The van der Waals surface area contributed by atoms with Gasteiger partial charge in [0.25, 0.3) is 0 Å². The molecule has 5 nitrogen and oxygen atoms in total. The van der Waals surface area contributed by atoms with Crippen molar-refractivity contribution >= 4 is 23.2 Å². The first kappa shape index (κ1) is 13.6. The number of carbonyl (C=O) groups excluding carboxylic acids is 1. The number of aliphatic carboxylic acids is 1. The van der Waals surface area contributed by atoms with Gasteiger partial charge in [-0.15, -0.1) is 11.3 Å². The number of nitrogens with one attached hydrogen (secondary N) is 1. The van der Waals surface area contributed by atoms with Crippen LogP contribution in [0, 0.1) is 5.41 Å². The Morgan fingerprint density at radius 1 is 1.59 bits per heavy atom. The van der Waals surface area contributed by atoms with E-state index < -0.39 is 17.3 Å². The number of rotatable bonds is 5. The standard InChI is InChI=1S/C11H16N2O3S/c1-7(8-12-4-5-17-8)6-13-9(14)11(2,3)10(15)16/h4-5,7H,6H2,1-3H3,(H,13,14)(H,15,16). The summed E-state index contributed by atoms with van der Waals surface area (Å²) in [5, 5.41) is 14.3. The van der Waals surface area contributed by atoms with Crippen molar-refractivity contribution < 1.29 is 14.7 Å². The molecule has 17 heavy (non-hydrogen) atoms. The zero-order valence-electron chi connectivity index (χ0n) is 10.1. The van der Waals surface area contributed by atoms with Crippen molar-refractivity contribution in [2.75, 3.05) is 6.54 Å². The van der Waals surface area contributed by atoms with Crippen LogP contribution in [0.15, 0.2) is 11.6 Å². The van der Waals surface area contributed by atoms with Crippen LogP contribution < -0.4 is 5.32 Å². The van der Waals surface area contributed by atoms with Crippen LogP contribution in [-0.2, 0) is 9.59 Å². The lowest BCUT2D eigenvalue weighted by molar-refractivity contribution is -0.153. The molecule has 0 bridgehead atoms. The van der Waals surface area contributed by atoms with E-state index in [9.17, 15) is 9.59 Å². The molecular weight excluding hydrogens is 240 g/mol. The average molecular weight is 256 g/mol. The molecule has 1 heterocycles. The quantitative estimate of drug-likeness (QED) is 0.782. The van der Waals surface area contributed by atoms with Gasteiger partial charge < -0.3 is 10.4 Å². The van der Waals surface area contributed by atoms with Crippen molar-refractivity contribution in [3.63, 3.8) is 0 Å². The Hall–Kier alpha value is -1.43. The Labute approximate surface area is 104 Å². The lowest BCUT2D eigenvalue weighted by Gasteiger charge is -2.19. The van der Waals surface area contributed by atoms with Gasteiger partial charge in [-0.2, -0.15) is 0 Å². The van der Waals surface area contributed by atoms with Crippen molar-refractivity contribution in [1.82, 2.24) is 10.3 Å². The predicted molar refractivity (Wildman–Crippen MR) is 65.0 cm³/mol. The van der Waals surface area contributed by atoms with Crippen LogP contribution >= 0.6 is 11.3 Å². The van der Waals surface area contributed by atoms with Gasteiger partial charge in [-0.25, -0.2) is 4.98 Å². The summed E-state index contributed by atoms with van der Waals surface area (Å²) in [4.78, 5) is 26.7. The summed E-state index contributed by atoms with van der Waals surface area (Å²) in [5.74, 6) is -1.52. The van der Waals surface area contributed by atoms with Gasteiger partial charge >= 0.3 is 5.97 Å². The number of amides is 1. The minimum Gasteiger partial charge on any atom is -0.480 e. The van der Waals surface area contributed by atoms with E-state index in [1.807, 2.05) is 12.3 Å². The van der Waals surface area contributed by atoms with Gasteiger partial charge in [0.05, 0.1) is 5.01 Å². The molecule has 94 valence electrons. The Morgan fingerprint density at radius 3 is 2.71 bits per heavy atom. The third-order valence-corrected chi connectivity index (χ3v) is 3.55. The highest BCUT2D eigenvalue weighted by Gasteiger charge is 2.35. The van der Waals surface area contributed by atoms with E-state index in [-0.39, 0.29) is 5.92 Å². The van der Waals surface area contributed by atoms with E-state index in [0.717, 1.165) is 5.01 Å². The fourth-order valence-corrected chi connectivity index (χ4v) is 1.83. The van der Waals surface area contributed by atoms with Gasteiger partial charge in [-0.1, -0.05) is 6.92 Å². The van der Waals surface area contributed by atoms with Crippen LogP contribution in [0.3, 0.4) is 0 Å². The minimum absolute atomic E-state index is 0.0866. The van der Waals surface area contributed by atoms with Gasteiger partial charge in [0.2, 0.25) is 5.91 Å². The number of carbonyl (C=O) groups is 2. The molecule has 6 heteroatoms. The third kappa shape index (κ3) is 3.26. The van der Waals surface area contributed by atoms with Crippen LogP contribution in [0.5, 0.6) is 0 Å². The van der Waals surface area contributed by atoms with Gasteiger partial charge in [-0.3, -0.25) is 9.59 Å². The molecule has 0 fully saturated rings. The van der Waals surface area contributed by atoms with Crippen molar-refractivity contribution in [1.29, 1.82) is 0 Å². The molecule has 0 radical (unpaired) electrons. The summed E-state index contributed by atoms with van der Waals surface area (Å²) in [6.07, 6.45) is 1.71. The van der Waals surface area contributed by atoms with Crippen LogP contribution in [0.1, 0.15) is 31.7 Å². The van der Waals surface area contributed by atoms with Crippen LogP contribution in [-0.4, -0.2) is 28.5 Å². The summed E-state index contributed by atoms with van der Waals surface area (Å²) < 4.78 is 0. The fraction of sp³-hybridized carbons (Fsp3) is 0.545. The van der Waals surface area contributed by atoms with Crippen molar-refractivity contribution in [3.8, 4) is 0 Å². The second kappa shape index (κ2) is 5.27. The van der Waals surface area contributed by atoms with E-state index in [4.69, 9.17) is 5.11 Å². The highest BCUT2D eigenvalue weighted by atomic mass is 32.1. The van der Waals surface area contributed by atoms with Crippen molar-refractivity contribution in [2.45, 2.75) is 26.7 Å². The number of thiazole rings is 1. The third-order valence-electron chi connectivity index (χ3n) is 2.54. The SMILES string of the molecule is CC(CNC(=O)C(C)(C)C(=O)O)c1nccs1. The molecule has 0 saturated carbocycles. The first-order chi connectivity index (χ1) is 7.85. The maximum atomic E-state index is 11.7. The smallest absolute Gasteiger partial charge is 0.318 e.